The van der Waals surface area contributed by atoms with E-state index in [0.717, 1.165) is 0 Å². The maximum atomic E-state index is 10.2. The first kappa shape index (κ1) is 11.9. The number of rotatable bonds is 3. The van der Waals surface area contributed by atoms with Crippen molar-refractivity contribution in [2.45, 2.75) is 6.10 Å². The molecule has 4 heteroatoms. The zero-order valence-corrected chi connectivity index (χ0v) is 10.1. The highest BCUT2D eigenvalue weighted by Crippen LogP contribution is 2.31. The normalized spacial score (nSPS) is 12.2. The molecule has 0 radical (unpaired) electrons. The maximum absolute atomic E-state index is 10.2. The first-order valence-electron chi connectivity index (χ1n) is 5.14. The number of aliphatic hydroxyl groups excluding tert-OH is 1. The molecule has 3 nitrogen and oxygen atoms in total. The molecular formula is C13H12ClNO2. The smallest absolute Gasteiger partial charge is 0.125 e. The summed E-state index contributed by atoms with van der Waals surface area (Å²) >= 11 is 5.92. The standard InChI is InChI=1S/C13H12ClNO2/c1-17-12-5-4-10(14)7-11(12)13(16)9-3-2-6-15-8-9/h2-8,13,16H,1H3. The van der Waals surface area contributed by atoms with Crippen molar-refractivity contribution in [3.05, 3.63) is 58.9 Å². The van der Waals surface area contributed by atoms with Gasteiger partial charge in [-0.1, -0.05) is 17.7 Å². The van der Waals surface area contributed by atoms with Gasteiger partial charge in [0, 0.05) is 28.5 Å². The van der Waals surface area contributed by atoms with Crippen LogP contribution in [0.1, 0.15) is 17.2 Å². The molecule has 0 spiro atoms. The Labute approximate surface area is 105 Å². The second-order valence-corrected chi connectivity index (χ2v) is 4.01. The molecule has 1 N–H and O–H groups in total. The Kier molecular flexibility index (Phi) is 3.61. The van der Waals surface area contributed by atoms with Crippen LogP contribution >= 0.6 is 11.6 Å². The van der Waals surface area contributed by atoms with Crippen LogP contribution in [0.15, 0.2) is 42.7 Å². The number of hydrogen-bond donors (Lipinski definition) is 1. The Bertz CT molecular complexity index is 502. The molecule has 0 aliphatic carbocycles. The number of aromatic nitrogens is 1. The summed E-state index contributed by atoms with van der Waals surface area (Å²) in [5, 5.41) is 10.8. The van der Waals surface area contributed by atoms with Crippen LogP contribution < -0.4 is 4.74 Å². The van der Waals surface area contributed by atoms with Gasteiger partial charge >= 0.3 is 0 Å². The van der Waals surface area contributed by atoms with Crippen LogP contribution in [0, 0.1) is 0 Å². The maximum Gasteiger partial charge on any atom is 0.125 e. The van der Waals surface area contributed by atoms with E-state index in [9.17, 15) is 5.11 Å². The van der Waals surface area contributed by atoms with Crippen molar-refractivity contribution in [2.24, 2.45) is 0 Å². The monoisotopic (exact) mass is 249 g/mol. The largest absolute Gasteiger partial charge is 0.496 e. The zero-order valence-electron chi connectivity index (χ0n) is 9.30. The van der Waals surface area contributed by atoms with E-state index in [1.54, 1.807) is 49.8 Å². The Morgan fingerprint density at radius 2 is 2.18 bits per heavy atom. The first-order chi connectivity index (χ1) is 8.22. The minimum absolute atomic E-state index is 0.559. The molecule has 1 atom stereocenters. The predicted octanol–water partition coefficient (Wildman–Crippen LogP) is 2.83. The highest BCUT2D eigenvalue weighted by Gasteiger charge is 2.15. The lowest BCUT2D eigenvalue weighted by molar-refractivity contribution is 0.214. The van der Waals surface area contributed by atoms with Crippen LogP contribution in [0.3, 0.4) is 0 Å². The molecule has 2 rings (SSSR count). The van der Waals surface area contributed by atoms with Crippen LogP contribution in [-0.2, 0) is 0 Å². The average molecular weight is 250 g/mol. The molecule has 0 saturated heterocycles. The van der Waals surface area contributed by atoms with E-state index in [4.69, 9.17) is 16.3 Å². The molecule has 0 saturated carbocycles. The fraction of sp³-hybridized carbons (Fsp3) is 0.154. The van der Waals surface area contributed by atoms with Crippen LogP contribution in [0.2, 0.25) is 5.02 Å². The van der Waals surface area contributed by atoms with Gasteiger partial charge in [-0.25, -0.2) is 0 Å². The highest BCUT2D eigenvalue weighted by atomic mass is 35.5. The molecule has 2 aromatic rings. The number of halogens is 1. The number of nitrogens with zero attached hydrogens (tertiary/aromatic N) is 1. The third-order valence-corrected chi connectivity index (χ3v) is 2.72. The van der Waals surface area contributed by atoms with Crippen LogP contribution in [-0.4, -0.2) is 17.2 Å². The van der Waals surface area contributed by atoms with Gasteiger partial charge in [-0.15, -0.1) is 0 Å². The van der Waals surface area contributed by atoms with Crippen molar-refractivity contribution >= 4 is 11.6 Å². The van der Waals surface area contributed by atoms with E-state index in [2.05, 4.69) is 4.98 Å². The van der Waals surface area contributed by atoms with E-state index >= 15 is 0 Å². The molecule has 0 amide bonds. The average Bonchev–Trinajstić information content (AvgIpc) is 2.39. The minimum atomic E-state index is -0.794. The summed E-state index contributed by atoms with van der Waals surface area (Å²) in [6, 6.07) is 8.72. The molecule has 0 fully saturated rings. The molecule has 1 aromatic carbocycles. The van der Waals surface area contributed by atoms with Crippen molar-refractivity contribution in [2.75, 3.05) is 7.11 Å². The quantitative estimate of drug-likeness (QED) is 0.910. The van der Waals surface area contributed by atoms with Gasteiger partial charge in [0.2, 0.25) is 0 Å². The summed E-state index contributed by atoms with van der Waals surface area (Å²) in [5.74, 6) is 0.603. The summed E-state index contributed by atoms with van der Waals surface area (Å²) in [6.45, 7) is 0. The fourth-order valence-electron chi connectivity index (χ4n) is 1.64. The first-order valence-corrected chi connectivity index (χ1v) is 5.51. The van der Waals surface area contributed by atoms with Gasteiger partial charge in [-0.3, -0.25) is 4.98 Å². The van der Waals surface area contributed by atoms with Gasteiger partial charge in [0.15, 0.2) is 0 Å². The van der Waals surface area contributed by atoms with Gasteiger partial charge in [0.25, 0.3) is 0 Å². The number of hydrogen-bond acceptors (Lipinski definition) is 3. The fourth-order valence-corrected chi connectivity index (χ4v) is 1.82. The molecule has 1 heterocycles. The van der Waals surface area contributed by atoms with Gasteiger partial charge < -0.3 is 9.84 Å². The number of aliphatic hydroxyl groups is 1. The predicted molar refractivity (Wildman–Crippen MR) is 66.3 cm³/mol. The van der Waals surface area contributed by atoms with Crippen molar-refractivity contribution in [1.29, 1.82) is 0 Å². The van der Waals surface area contributed by atoms with Gasteiger partial charge in [0.05, 0.1) is 7.11 Å². The van der Waals surface area contributed by atoms with Crippen molar-refractivity contribution in [3.8, 4) is 5.75 Å². The van der Waals surface area contributed by atoms with E-state index in [1.807, 2.05) is 0 Å². The van der Waals surface area contributed by atoms with Crippen molar-refractivity contribution in [3.63, 3.8) is 0 Å². The van der Waals surface area contributed by atoms with Crippen LogP contribution in [0.25, 0.3) is 0 Å². The topological polar surface area (TPSA) is 42.4 Å². The third-order valence-electron chi connectivity index (χ3n) is 2.49. The lowest BCUT2D eigenvalue weighted by Gasteiger charge is -2.15. The molecule has 0 aliphatic rings. The third kappa shape index (κ3) is 2.57. The Morgan fingerprint density at radius 1 is 1.35 bits per heavy atom. The Morgan fingerprint density at radius 3 is 2.82 bits per heavy atom. The van der Waals surface area contributed by atoms with Crippen molar-refractivity contribution in [1.82, 2.24) is 4.98 Å². The highest BCUT2D eigenvalue weighted by molar-refractivity contribution is 6.30. The van der Waals surface area contributed by atoms with E-state index in [-0.39, 0.29) is 0 Å². The lowest BCUT2D eigenvalue weighted by Crippen LogP contribution is -2.02. The lowest BCUT2D eigenvalue weighted by atomic mass is 10.0. The molecule has 0 bridgehead atoms. The number of ether oxygens (including phenoxy) is 1. The SMILES string of the molecule is COc1ccc(Cl)cc1C(O)c1cccnc1. The Hall–Kier alpha value is -1.58. The number of benzene rings is 1. The van der Waals surface area contributed by atoms with E-state index in [0.29, 0.717) is 21.9 Å². The summed E-state index contributed by atoms with van der Waals surface area (Å²) in [7, 11) is 1.56. The summed E-state index contributed by atoms with van der Waals surface area (Å²) in [4.78, 5) is 3.98. The van der Waals surface area contributed by atoms with E-state index < -0.39 is 6.10 Å². The summed E-state index contributed by atoms with van der Waals surface area (Å²) in [5.41, 5.74) is 1.33. The zero-order chi connectivity index (χ0) is 12.3. The summed E-state index contributed by atoms with van der Waals surface area (Å²) in [6.07, 6.45) is 2.48. The molecule has 1 aromatic heterocycles. The molecule has 0 aliphatic heterocycles. The van der Waals surface area contributed by atoms with Crippen LogP contribution in [0.5, 0.6) is 5.75 Å². The second kappa shape index (κ2) is 5.17. The Balaban J connectivity index is 2.43. The number of methoxy groups -OCH3 is 1. The summed E-state index contributed by atoms with van der Waals surface area (Å²) < 4.78 is 5.20. The molecule has 1 unspecified atom stereocenters. The van der Waals surface area contributed by atoms with Crippen molar-refractivity contribution < 1.29 is 9.84 Å². The number of pyridine rings is 1. The van der Waals surface area contributed by atoms with Gasteiger partial charge in [0.1, 0.15) is 11.9 Å². The van der Waals surface area contributed by atoms with E-state index in [1.165, 1.54) is 0 Å². The second-order valence-electron chi connectivity index (χ2n) is 3.58. The van der Waals surface area contributed by atoms with Gasteiger partial charge in [-0.05, 0) is 24.3 Å². The molecule has 88 valence electrons. The van der Waals surface area contributed by atoms with Gasteiger partial charge in [-0.2, -0.15) is 0 Å². The molecule has 17 heavy (non-hydrogen) atoms. The molecular weight excluding hydrogens is 238 g/mol. The minimum Gasteiger partial charge on any atom is -0.496 e. The van der Waals surface area contributed by atoms with Crippen LogP contribution in [0.4, 0.5) is 0 Å².